The molecule has 3 nitrogen and oxygen atoms in total. The van der Waals surface area contributed by atoms with E-state index in [9.17, 15) is 4.79 Å². The number of thiophene rings is 1. The Morgan fingerprint density at radius 3 is 2.50 bits per heavy atom. The van der Waals surface area contributed by atoms with Gasteiger partial charge in [0.25, 0.3) is 0 Å². The van der Waals surface area contributed by atoms with Gasteiger partial charge in [-0.1, -0.05) is 0 Å². The Labute approximate surface area is 88.0 Å². The summed E-state index contributed by atoms with van der Waals surface area (Å²) in [5, 5.41) is 11.8. The summed E-state index contributed by atoms with van der Waals surface area (Å²) in [6, 6.07) is 0. The molecule has 0 bridgehead atoms. The van der Waals surface area contributed by atoms with E-state index in [-0.39, 0.29) is 0 Å². The van der Waals surface area contributed by atoms with Crippen LogP contribution in [0.1, 0.15) is 29.8 Å². The van der Waals surface area contributed by atoms with Crippen molar-refractivity contribution in [1.82, 2.24) is 0 Å². The molecule has 1 rings (SSSR count). The molecule has 1 aromatic heterocycles. The zero-order valence-electron chi connectivity index (χ0n) is 8.70. The summed E-state index contributed by atoms with van der Waals surface area (Å²) in [6.07, 6.45) is 0. The first-order valence-electron chi connectivity index (χ1n) is 4.68. The minimum absolute atomic E-state index is 0.457. The number of aryl methyl sites for hydroxylation is 1. The largest absolute Gasteiger partial charge is 0.478 e. The van der Waals surface area contributed by atoms with E-state index in [2.05, 4.69) is 4.90 Å². The van der Waals surface area contributed by atoms with Crippen LogP contribution < -0.4 is 4.90 Å². The number of hydrogen-bond donors (Lipinski definition) is 1. The van der Waals surface area contributed by atoms with Gasteiger partial charge in [-0.2, -0.15) is 0 Å². The van der Waals surface area contributed by atoms with E-state index in [0.717, 1.165) is 23.7 Å². The Kier molecular flexibility index (Phi) is 3.52. The zero-order chi connectivity index (χ0) is 10.7. The second-order valence-corrected chi connectivity index (χ2v) is 3.93. The molecular formula is C10H15NO2S. The number of carbonyl (C=O) groups is 1. The average Bonchev–Trinajstić information content (AvgIpc) is 2.50. The lowest BCUT2D eigenvalue weighted by Crippen LogP contribution is -2.22. The molecule has 1 heterocycles. The zero-order valence-corrected chi connectivity index (χ0v) is 9.52. The van der Waals surface area contributed by atoms with E-state index in [0.29, 0.717) is 5.56 Å². The van der Waals surface area contributed by atoms with E-state index in [1.807, 2.05) is 26.2 Å². The number of aromatic carboxylic acids is 1. The topological polar surface area (TPSA) is 40.5 Å². The number of rotatable bonds is 4. The molecule has 78 valence electrons. The smallest absolute Gasteiger partial charge is 0.338 e. The van der Waals surface area contributed by atoms with Gasteiger partial charge in [0, 0.05) is 13.1 Å². The molecule has 0 saturated carbocycles. The van der Waals surface area contributed by atoms with Crippen LogP contribution in [0.4, 0.5) is 5.00 Å². The summed E-state index contributed by atoms with van der Waals surface area (Å²) in [5.41, 5.74) is 1.31. The van der Waals surface area contributed by atoms with Crippen molar-refractivity contribution in [2.45, 2.75) is 20.8 Å². The summed E-state index contributed by atoms with van der Waals surface area (Å²) in [6.45, 7) is 7.59. The van der Waals surface area contributed by atoms with Crippen molar-refractivity contribution in [3.63, 3.8) is 0 Å². The van der Waals surface area contributed by atoms with Crippen molar-refractivity contribution in [3.05, 3.63) is 16.5 Å². The fourth-order valence-electron chi connectivity index (χ4n) is 1.43. The summed E-state index contributed by atoms with van der Waals surface area (Å²) in [7, 11) is 0. The van der Waals surface area contributed by atoms with Gasteiger partial charge >= 0.3 is 5.97 Å². The molecule has 0 unspecified atom stereocenters. The second-order valence-electron chi connectivity index (χ2n) is 3.08. The lowest BCUT2D eigenvalue weighted by molar-refractivity contribution is 0.0697. The number of anilines is 1. The van der Waals surface area contributed by atoms with Gasteiger partial charge in [-0.25, -0.2) is 4.79 Å². The van der Waals surface area contributed by atoms with Crippen LogP contribution in [0.25, 0.3) is 0 Å². The first-order valence-corrected chi connectivity index (χ1v) is 5.56. The average molecular weight is 213 g/mol. The predicted octanol–water partition coefficient (Wildman–Crippen LogP) is 2.60. The van der Waals surface area contributed by atoms with E-state index in [4.69, 9.17) is 5.11 Å². The second kappa shape index (κ2) is 4.46. The molecule has 0 amide bonds. The number of nitrogens with zero attached hydrogens (tertiary/aromatic N) is 1. The minimum Gasteiger partial charge on any atom is -0.478 e. The standard InChI is InChI=1S/C10H15NO2S/c1-4-11(5-2)9-8(10(12)13)7(3)6-14-9/h6H,4-5H2,1-3H3,(H,12,13). The van der Waals surface area contributed by atoms with Crippen LogP contribution in [0.2, 0.25) is 0 Å². The van der Waals surface area contributed by atoms with E-state index < -0.39 is 5.97 Å². The van der Waals surface area contributed by atoms with Gasteiger partial charge in [-0.05, 0) is 31.7 Å². The highest BCUT2D eigenvalue weighted by atomic mass is 32.1. The Bertz CT molecular complexity index is 329. The number of carboxylic acids is 1. The molecule has 14 heavy (non-hydrogen) atoms. The highest BCUT2D eigenvalue weighted by Gasteiger charge is 2.18. The Morgan fingerprint density at radius 1 is 1.50 bits per heavy atom. The lowest BCUT2D eigenvalue weighted by atomic mass is 10.2. The van der Waals surface area contributed by atoms with Gasteiger partial charge in [-0.3, -0.25) is 0 Å². The molecular weight excluding hydrogens is 198 g/mol. The summed E-state index contributed by atoms with van der Waals surface area (Å²) in [5.74, 6) is -0.828. The SMILES string of the molecule is CCN(CC)c1scc(C)c1C(=O)O. The van der Waals surface area contributed by atoms with Crippen molar-refractivity contribution < 1.29 is 9.90 Å². The van der Waals surface area contributed by atoms with Gasteiger partial charge in [-0.15, -0.1) is 11.3 Å². The van der Waals surface area contributed by atoms with Crippen LogP contribution in [-0.2, 0) is 0 Å². The minimum atomic E-state index is -0.828. The predicted molar refractivity (Wildman–Crippen MR) is 59.6 cm³/mol. The van der Waals surface area contributed by atoms with Gasteiger partial charge in [0.2, 0.25) is 0 Å². The lowest BCUT2D eigenvalue weighted by Gasteiger charge is -2.19. The molecule has 0 aliphatic heterocycles. The van der Waals surface area contributed by atoms with E-state index >= 15 is 0 Å². The van der Waals surface area contributed by atoms with Crippen LogP contribution in [-0.4, -0.2) is 24.2 Å². The highest BCUT2D eigenvalue weighted by Crippen LogP contribution is 2.31. The molecule has 0 aliphatic rings. The fourth-order valence-corrected chi connectivity index (χ4v) is 2.61. The third-order valence-electron chi connectivity index (χ3n) is 2.22. The molecule has 0 spiro atoms. The summed E-state index contributed by atoms with van der Waals surface area (Å²) < 4.78 is 0. The molecule has 0 aromatic carbocycles. The van der Waals surface area contributed by atoms with Crippen molar-refractivity contribution >= 4 is 22.3 Å². The Hall–Kier alpha value is -1.03. The molecule has 0 fully saturated rings. The van der Waals surface area contributed by atoms with Crippen LogP contribution in [0.5, 0.6) is 0 Å². The van der Waals surface area contributed by atoms with Crippen molar-refractivity contribution in [2.24, 2.45) is 0 Å². The van der Waals surface area contributed by atoms with Crippen molar-refractivity contribution in [2.75, 3.05) is 18.0 Å². The van der Waals surface area contributed by atoms with Gasteiger partial charge < -0.3 is 10.0 Å². The quantitative estimate of drug-likeness (QED) is 0.835. The Balaban J connectivity index is 3.13. The van der Waals surface area contributed by atoms with Crippen LogP contribution in [0.3, 0.4) is 0 Å². The van der Waals surface area contributed by atoms with Gasteiger partial charge in [0.1, 0.15) is 5.00 Å². The van der Waals surface area contributed by atoms with Crippen molar-refractivity contribution in [1.29, 1.82) is 0 Å². The van der Waals surface area contributed by atoms with Crippen LogP contribution in [0.15, 0.2) is 5.38 Å². The van der Waals surface area contributed by atoms with E-state index in [1.54, 1.807) is 0 Å². The molecule has 0 radical (unpaired) electrons. The van der Waals surface area contributed by atoms with Gasteiger partial charge in [0.15, 0.2) is 0 Å². The third-order valence-corrected chi connectivity index (χ3v) is 3.38. The summed E-state index contributed by atoms with van der Waals surface area (Å²) >= 11 is 1.51. The maximum absolute atomic E-state index is 11.0. The molecule has 0 saturated heterocycles. The first kappa shape index (κ1) is 11.0. The van der Waals surface area contributed by atoms with Crippen molar-refractivity contribution in [3.8, 4) is 0 Å². The highest BCUT2D eigenvalue weighted by molar-refractivity contribution is 7.14. The van der Waals surface area contributed by atoms with Crippen LogP contribution >= 0.6 is 11.3 Å². The fraction of sp³-hybridized carbons (Fsp3) is 0.500. The third kappa shape index (κ3) is 1.90. The molecule has 1 aromatic rings. The number of hydrogen-bond acceptors (Lipinski definition) is 3. The maximum Gasteiger partial charge on any atom is 0.338 e. The number of carboxylic acid groups (broad SMARTS) is 1. The van der Waals surface area contributed by atoms with E-state index in [1.165, 1.54) is 11.3 Å². The molecule has 0 aliphatic carbocycles. The van der Waals surface area contributed by atoms with Gasteiger partial charge in [0.05, 0.1) is 5.56 Å². The first-order chi connectivity index (χ1) is 6.61. The molecule has 1 N–H and O–H groups in total. The summed E-state index contributed by atoms with van der Waals surface area (Å²) in [4.78, 5) is 13.1. The molecule has 4 heteroatoms. The monoisotopic (exact) mass is 213 g/mol. The Morgan fingerprint density at radius 2 is 2.07 bits per heavy atom. The molecule has 0 atom stereocenters. The van der Waals surface area contributed by atoms with Crippen LogP contribution in [0, 0.1) is 6.92 Å². The maximum atomic E-state index is 11.0. The normalized spacial score (nSPS) is 10.2.